The molecule has 0 spiro atoms. The first-order valence-electron chi connectivity index (χ1n) is 5.92. The molecule has 0 fully saturated rings. The highest BCUT2D eigenvalue weighted by atomic mass is 35.5. The maximum atomic E-state index is 12.2. The monoisotopic (exact) mass is 317 g/mol. The average molecular weight is 318 g/mol. The predicted octanol–water partition coefficient (Wildman–Crippen LogP) is 2.88. The van der Waals surface area contributed by atoms with Gasteiger partial charge in [-0.25, -0.2) is 13.6 Å². The number of hydrogen-bond acceptors (Lipinski definition) is 3. The van der Waals surface area contributed by atoms with Crippen LogP contribution in [0.15, 0.2) is 36.7 Å². The van der Waals surface area contributed by atoms with Crippen LogP contribution in [0.5, 0.6) is 0 Å². The van der Waals surface area contributed by atoms with E-state index >= 15 is 0 Å². The first kappa shape index (κ1) is 16.9. The Bertz CT molecular complexity index is 605. The van der Waals surface area contributed by atoms with E-state index in [1.54, 1.807) is 18.2 Å². The number of halogens is 3. The molecule has 0 saturated heterocycles. The Morgan fingerprint density at radius 1 is 1.38 bits per heavy atom. The highest BCUT2D eigenvalue weighted by Gasteiger charge is 2.09. The van der Waals surface area contributed by atoms with E-state index in [1.165, 1.54) is 18.5 Å². The lowest BCUT2D eigenvalue weighted by molar-refractivity contribution is 0.0695. The predicted molar refractivity (Wildman–Crippen MR) is 76.2 cm³/mol. The number of carboxylic acids is 1. The summed E-state index contributed by atoms with van der Waals surface area (Å²) in [5.74, 6) is -1.00. The largest absolute Gasteiger partial charge is 0.478 e. The van der Waals surface area contributed by atoms with Gasteiger partial charge in [-0.1, -0.05) is 18.2 Å². The van der Waals surface area contributed by atoms with Gasteiger partial charge in [-0.2, -0.15) is 5.10 Å². The van der Waals surface area contributed by atoms with Gasteiger partial charge in [0.25, 0.3) is 6.43 Å². The lowest BCUT2D eigenvalue weighted by Gasteiger charge is -2.07. The molecule has 2 rings (SSSR count). The minimum absolute atomic E-state index is 0. The van der Waals surface area contributed by atoms with E-state index in [-0.39, 0.29) is 24.5 Å². The Balaban J connectivity index is 0.00000220. The minimum atomic E-state index is -2.46. The van der Waals surface area contributed by atoms with Gasteiger partial charge in [0.05, 0.1) is 17.4 Å². The zero-order valence-electron chi connectivity index (χ0n) is 10.9. The van der Waals surface area contributed by atoms with Crippen molar-refractivity contribution in [1.82, 2.24) is 9.78 Å². The Morgan fingerprint density at radius 2 is 2.10 bits per heavy atom. The Hall–Kier alpha value is -2.15. The second kappa shape index (κ2) is 7.58. The van der Waals surface area contributed by atoms with E-state index in [1.807, 2.05) is 0 Å². The molecule has 2 aromatic rings. The summed E-state index contributed by atoms with van der Waals surface area (Å²) < 4.78 is 25.5. The molecule has 1 aromatic heterocycles. The highest BCUT2D eigenvalue weighted by Crippen LogP contribution is 2.13. The Labute approximate surface area is 126 Å². The van der Waals surface area contributed by atoms with E-state index in [2.05, 4.69) is 10.4 Å². The number of anilines is 1. The van der Waals surface area contributed by atoms with Gasteiger partial charge < -0.3 is 10.4 Å². The molecular weight excluding hydrogens is 304 g/mol. The number of aromatic nitrogens is 2. The van der Waals surface area contributed by atoms with Gasteiger partial charge in [0, 0.05) is 12.7 Å². The van der Waals surface area contributed by atoms with Crippen molar-refractivity contribution in [3.63, 3.8) is 0 Å². The molecule has 0 unspecified atom stereocenters. The number of aromatic carboxylic acids is 1. The van der Waals surface area contributed by atoms with E-state index in [0.29, 0.717) is 11.3 Å². The number of benzene rings is 1. The lowest BCUT2D eigenvalue weighted by atomic mass is 10.1. The number of carboxylic acid groups (broad SMARTS) is 1. The van der Waals surface area contributed by atoms with Crippen molar-refractivity contribution in [1.29, 1.82) is 0 Å². The molecule has 0 amide bonds. The summed E-state index contributed by atoms with van der Waals surface area (Å²) in [5.41, 5.74) is 1.38. The SMILES string of the molecule is Cl.O=C(O)c1ccccc1CNc1cnn(CC(F)F)c1. The minimum Gasteiger partial charge on any atom is -0.478 e. The number of rotatable bonds is 6. The van der Waals surface area contributed by atoms with Crippen LogP contribution in [0.2, 0.25) is 0 Å². The van der Waals surface area contributed by atoms with E-state index in [4.69, 9.17) is 5.11 Å². The molecule has 1 heterocycles. The van der Waals surface area contributed by atoms with Crippen LogP contribution in [0.3, 0.4) is 0 Å². The fourth-order valence-electron chi connectivity index (χ4n) is 1.78. The second-order valence-electron chi connectivity index (χ2n) is 4.16. The van der Waals surface area contributed by atoms with Crippen LogP contribution < -0.4 is 5.32 Å². The van der Waals surface area contributed by atoms with Gasteiger partial charge in [0.2, 0.25) is 0 Å². The first-order chi connectivity index (χ1) is 9.56. The molecule has 21 heavy (non-hydrogen) atoms. The first-order valence-corrected chi connectivity index (χ1v) is 5.92. The normalized spacial score (nSPS) is 10.2. The van der Waals surface area contributed by atoms with Gasteiger partial charge >= 0.3 is 5.97 Å². The summed E-state index contributed by atoms with van der Waals surface area (Å²) in [5, 5.41) is 15.8. The quantitative estimate of drug-likeness (QED) is 0.859. The third kappa shape index (κ3) is 4.71. The zero-order chi connectivity index (χ0) is 14.5. The summed E-state index contributed by atoms with van der Waals surface area (Å²) in [6.07, 6.45) is 0.414. The van der Waals surface area contributed by atoms with Crippen LogP contribution >= 0.6 is 12.4 Å². The molecule has 8 heteroatoms. The third-order valence-corrected chi connectivity index (χ3v) is 2.69. The molecule has 114 valence electrons. The van der Waals surface area contributed by atoms with Crippen LogP contribution in [0.25, 0.3) is 0 Å². The standard InChI is InChI=1S/C13H13F2N3O2.ClH/c14-12(15)8-18-7-10(6-17-18)16-5-9-3-1-2-4-11(9)13(19)20;/h1-4,6-7,12,16H,5,8H2,(H,19,20);1H. The third-order valence-electron chi connectivity index (χ3n) is 2.69. The summed E-state index contributed by atoms with van der Waals surface area (Å²) in [6, 6.07) is 6.59. The van der Waals surface area contributed by atoms with Crippen LogP contribution in [0.4, 0.5) is 14.5 Å². The Morgan fingerprint density at radius 3 is 2.76 bits per heavy atom. The molecule has 0 aliphatic rings. The summed E-state index contributed by atoms with van der Waals surface area (Å²) in [6.45, 7) is -0.184. The molecule has 0 aliphatic carbocycles. The average Bonchev–Trinajstić information content (AvgIpc) is 2.83. The molecular formula is C13H14ClF2N3O2. The zero-order valence-corrected chi connectivity index (χ0v) is 11.7. The van der Waals surface area contributed by atoms with Crippen molar-refractivity contribution >= 4 is 24.1 Å². The summed E-state index contributed by atoms with van der Waals surface area (Å²) >= 11 is 0. The van der Waals surface area contributed by atoms with Gasteiger partial charge in [-0.3, -0.25) is 4.68 Å². The fourth-order valence-corrected chi connectivity index (χ4v) is 1.78. The van der Waals surface area contributed by atoms with Crippen LogP contribution in [-0.4, -0.2) is 27.3 Å². The van der Waals surface area contributed by atoms with Gasteiger partial charge in [0.1, 0.15) is 6.54 Å². The van der Waals surface area contributed by atoms with E-state index in [0.717, 1.165) is 4.68 Å². The fraction of sp³-hybridized carbons (Fsp3) is 0.231. The number of nitrogens with zero attached hydrogens (tertiary/aromatic N) is 2. The van der Waals surface area contributed by atoms with Crippen molar-refractivity contribution in [3.05, 3.63) is 47.8 Å². The van der Waals surface area contributed by atoms with Gasteiger partial charge in [0.15, 0.2) is 0 Å². The van der Waals surface area contributed by atoms with E-state index < -0.39 is 18.9 Å². The molecule has 2 N–H and O–H groups in total. The number of nitrogens with one attached hydrogen (secondary N) is 1. The number of carbonyl (C=O) groups is 1. The maximum Gasteiger partial charge on any atom is 0.336 e. The smallest absolute Gasteiger partial charge is 0.336 e. The summed E-state index contributed by atoms with van der Waals surface area (Å²) in [4.78, 5) is 11.0. The summed E-state index contributed by atoms with van der Waals surface area (Å²) in [7, 11) is 0. The van der Waals surface area contributed by atoms with Crippen molar-refractivity contribution in [2.75, 3.05) is 5.32 Å². The molecule has 1 aromatic carbocycles. The molecule has 0 saturated carbocycles. The molecule has 5 nitrogen and oxygen atoms in total. The molecule has 0 bridgehead atoms. The van der Waals surface area contributed by atoms with Crippen molar-refractivity contribution < 1.29 is 18.7 Å². The highest BCUT2D eigenvalue weighted by molar-refractivity contribution is 5.89. The maximum absolute atomic E-state index is 12.2. The molecule has 0 atom stereocenters. The number of hydrogen-bond donors (Lipinski definition) is 2. The molecule has 0 radical (unpaired) electrons. The van der Waals surface area contributed by atoms with Crippen LogP contribution in [0, 0.1) is 0 Å². The topological polar surface area (TPSA) is 67.2 Å². The van der Waals surface area contributed by atoms with E-state index in [9.17, 15) is 13.6 Å². The van der Waals surface area contributed by atoms with Crippen LogP contribution in [-0.2, 0) is 13.1 Å². The lowest BCUT2D eigenvalue weighted by Crippen LogP contribution is -2.07. The number of alkyl halides is 2. The second-order valence-corrected chi connectivity index (χ2v) is 4.16. The van der Waals surface area contributed by atoms with Crippen LogP contribution in [0.1, 0.15) is 15.9 Å². The van der Waals surface area contributed by atoms with Crippen molar-refractivity contribution in [3.8, 4) is 0 Å². The van der Waals surface area contributed by atoms with Crippen molar-refractivity contribution in [2.24, 2.45) is 0 Å². The van der Waals surface area contributed by atoms with Gasteiger partial charge in [-0.05, 0) is 11.6 Å². The van der Waals surface area contributed by atoms with Crippen molar-refractivity contribution in [2.45, 2.75) is 19.5 Å². The molecule has 0 aliphatic heterocycles. The Kier molecular flexibility index (Phi) is 6.10. The van der Waals surface area contributed by atoms with Gasteiger partial charge in [-0.15, -0.1) is 12.4 Å².